The molecular formula is C24H20NO4. The molecule has 3 aromatic carbocycles. The van der Waals surface area contributed by atoms with Gasteiger partial charge in [-0.25, -0.2) is 9.59 Å². The fraction of sp³-hybridized carbons (Fsp3) is 0.167. The van der Waals surface area contributed by atoms with Crippen LogP contribution in [0.1, 0.15) is 22.6 Å². The lowest BCUT2D eigenvalue weighted by Gasteiger charge is -2.16. The minimum Gasteiger partial charge on any atom is -0.480 e. The van der Waals surface area contributed by atoms with Gasteiger partial charge in [-0.1, -0.05) is 78.9 Å². The number of nitrogens with zero attached hydrogens (tertiary/aromatic N) is 1. The maximum atomic E-state index is 12.3. The average molecular weight is 387 g/mol. The molecule has 145 valence electrons. The number of carbonyl (C=O) groups is 2. The molecule has 1 atom stereocenters. The average Bonchev–Trinajstić information content (AvgIpc) is 3.06. The number of aliphatic carboxylic acids is 1. The highest BCUT2D eigenvalue weighted by atomic mass is 16.6. The van der Waals surface area contributed by atoms with Crippen LogP contribution in [0.15, 0.2) is 78.9 Å². The summed E-state index contributed by atoms with van der Waals surface area (Å²) in [4.78, 5) is 23.8. The minimum absolute atomic E-state index is 0.0843. The van der Waals surface area contributed by atoms with Crippen LogP contribution in [0.4, 0.5) is 4.79 Å². The molecule has 29 heavy (non-hydrogen) atoms. The first-order chi connectivity index (χ1) is 14.1. The maximum Gasteiger partial charge on any atom is 0.429 e. The largest absolute Gasteiger partial charge is 0.480 e. The molecular weight excluding hydrogens is 367 g/mol. The summed E-state index contributed by atoms with van der Waals surface area (Å²) >= 11 is 0. The molecule has 0 aromatic heterocycles. The second kappa shape index (κ2) is 8.19. The van der Waals surface area contributed by atoms with Crippen molar-refractivity contribution in [1.29, 1.82) is 0 Å². The van der Waals surface area contributed by atoms with Crippen LogP contribution in [0, 0.1) is 0 Å². The van der Waals surface area contributed by atoms with Crippen molar-refractivity contribution < 1.29 is 19.4 Å². The highest BCUT2D eigenvalue weighted by Crippen LogP contribution is 2.44. The number of hydrogen-bond donors (Lipinski definition) is 1. The first kappa shape index (κ1) is 18.7. The Morgan fingerprint density at radius 3 is 2.00 bits per heavy atom. The van der Waals surface area contributed by atoms with Crippen molar-refractivity contribution in [3.63, 3.8) is 0 Å². The Hall–Kier alpha value is -3.60. The van der Waals surface area contributed by atoms with E-state index in [-0.39, 0.29) is 18.9 Å². The van der Waals surface area contributed by atoms with Crippen LogP contribution in [0.2, 0.25) is 0 Å². The van der Waals surface area contributed by atoms with Gasteiger partial charge < -0.3 is 9.84 Å². The Morgan fingerprint density at radius 1 is 0.862 bits per heavy atom. The van der Waals surface area contributed by atoms with E-state index in [1.165, 1.54) is 0 Å². The van der Waals surface area contributed by atoms with Crippen molar-refractivity contribution in [1.82, 2.24) is 5.32 Å². The predicted molar refractivity (Wildman–Crippen MR) is 109 cm³/mol. The van der Waals surface area contributed by atoms with E-state index in [2.05, 4.69) is 17.4 Å². The van der Waals surface area contributed by atoms with E-state index in [0.29, 0.717) is 0 Å². The number of carbonyl (C=O) groups excluding carboxylic acids is 1. The molecule has 0 fully saturated rings. The van der Waals surface area contributed by atoms with E-state index in [1.54, 1.807) is 0 Å². The Kier molecular flexibility index (Phi) is 5.29. The van der Waals surface area contributed by atoms with Crippen molar-refractivity contribution in [3.8, 4) is 11.1 Å². The predicted octanol–water partition coefficient (Wildman–Crippen LogP) is 4.24. The number of carboxylic acid groups (broad SMARTS) is 1. The highest BCUT2D eigenvalue weighted by Gasteiger charge is 2.30. The van der Waals surface area contributed by atoms with Gasteiger partial charge in [0, 0.05) is 12.3 Å². The molecule has 1 aliphatic rings. The lowest BCUT2D eigenvalue weighted by molar-refractivity contribution is -0.139. The van der Waals surface area contributed by atoms with Crippen LogP contribution < -0.4 is 5.32 Å². The van der Waals surface area contributed by atoms with Gasteiger partial charge in [-0.05, 0) is 27.8 Å². The van der Waals surface area contributed by atoms with Crippen LogP contribution in [0.5, 0.6) is 0 Å². The number of fused-ring (bicyclic) bond motifs is 3. The third-order valence-corrected chi connectivity index (χ3v) is 5.15. The number of ether oxygens (including phenoxy) is 1. The van der Waals surface area contributed by atoms with Crippen molar-refractivity contribution in [2.75, 3.05) is 6.61 Å². The zero-order chi connectivity index (χ0) is 20.2. The molecule has 0 saturated carbocycles. The van der Waals surface area contributed by atoms with Gasteiger partial charge in [0.05, 0.1) is 0 Å². The zero-order valence-electron chi connectivity index (χ0n) is 15.7. The van der Waals surface area contributed by atoms with E-state index in [1.807, 2.05) is 66.7 Å². The van der Waals surface area contributed by atoms with E-state index in [4.69, 9.17) is 4.74 Å². The number of amides is 1. The van der Waals surface area contributed by atoms with E-state index >= 15 is 0 Å². The van der Waals surface area contributed by atoms with Crippen molar-refractivity contribution >= 4 is 12.1 Å². The van der Waals surface area contributed by atoms with Gasteiger partial charge in [-0.2, -0.15) is 5.32 Å². The quantitative estimate of drug-likeness (QED) is 0.642. The fourth-order valence-corrected chi connectivity index (χ4v) is 3.78. The molecule has 0 saturated heterocycles. The molecule has 0 spiro atoms. The third-order valence-electron chi connectivity index (χ3n) is 5.15. The lowest BCUT2D eigenvalue weighted by Crippen LogP contribution is -2.37. The minimum atomic E-state index is -1.17. The summed E-state index contributed by atoms with van der Waals surface area (Å²) in [5, 5.41) is 13.2. The van der Waals surface area contributed by atoms with Crippen molar-refractivity contribution in [2.24, 2.45) is 0 Å². The summed E-state index contributed by atoms with van der Waals surface area (Å²) in [5.74, 6) is -1.23. The molecule has 3 aromatic rings. The van der Waals surface area contributed by atoms with Gasteiger partial charge in [-0.3, -0.25) is 0 Å². The Balaban J connectivity index is 1.43. The summed E-state index contributed by atoms with van der Waals surface area (Å²) < 4.78 is 5.39. The first-order valence-electron chi connectivity index (χ1n) is 9.46. The smallest absolute Gasteiger partial charge is 0.429 e. The van der Waals surface area contributed by atoms with E-state index in [0.717, 1.165) is 27.8 Å². The molecule has 4 rings (SSSR count). The normalized spacial score (nSPS) is 13.2. The lowest BCUT2D eigenvalue weighted by atomic mass is 9.98. The van der Waals surface area contributed by atoms with Crippen LogP contribution in [-0.2, 0) is 16.0 Å². The highest BCUT2D eigenvalue weighted by molar-refractivity contribution is 5.81. The second-order valence-corrected chi connectivity index (χ2v) is 6.98. The van der Waals surface area contributed by atoms with Gasteiger partial charge in [0.15, 0.2) is 6.04 Å². The van der Waals surface area contributed by atoms with Crippen LogP contribution in [-0.4, -0.2) is 29.8 Å². The molecule has 5 heteroatoms. The van der Waals surface area contributed by atoms with Gasteiger partial charge in [0.2, 0.25) is 0 Å². The second-order valence-electron chi connectivity index (χ2n) is 6.98. The Labute approximate surface area is 169 Å². The van der Waals surface area contributed by atoms with Gasteiger partial charge >= 0.3 is 12.1 Å². The summed E-state index contributed by atoms with van der Waals surface area (Å²) in [6.45, 7) is 0.119. The third kappa shape index (κ3) is 3.99. The standard InChI is InChI=1S/C24H20NO4/c26-23(27)22(14-16-8-2-1-3-9-16)25-24(28)29-15-21-19-12-6-4-10-17(19)18-11-5-7-13-20(18)21/h1-13,21-22H,14-15H2,(H,26,27)/t22-/m0/s1/i25+1. The summed E-state index contributed by atoms with van der Waals surface area (Å²) in [6.07, 6.45) is -0.712. The van der Waals surface area contributed by atoms with Gasteiger partial charge in [-0.15, -0.1) is 0 Å². The van der Waals surface area contributed by atoms with Crippen molar-refractivity contribution in [2.45, 2.75) is 18.4 Å². The number of carboxylic acids is 1. The number of rotatable bonds is 6. The molecule has 5 nitrogen and oxygen atoms in total. The topological polar surface area (TPSA) is 77.7 Å². The SMILES string of the molecule is O=C([15N][C@@H](Cc1ccccc1)C(=O)O)OCC1c2ccccc2-c2ccccc21. The summed E-state index contributed by atoms with van der Waals surface area (Å²) in [6, 6.07) is 24.0. The molecule has 1 radical (unpaired) electrons. The summed E-state index contributed by atoms with van der Waals surface area (Å²) in [7, 11) is 0. The Morgan fingerprint density at radius 2 is 1.41 bits per heavy atom. The molecule has 1 N–H and O–H groups in total. The first-order valence-corrected chi connectivity index (χ1v) is 9.46. The molecule has 0 bridgehead atoms. The number of benzene rings is 3. The molecule has 1 aliphatic carbocycles. The molecule has 0 heterocycles. The fourth-order valence-electron chi connectivity index (χ4n) is 3.78. The summed E-state index contributed by atoms with van der Waals surface area (Å²) in [5.41, 5.74) is 5.26. The molecule has 0 unspecified atom stereocenters. The zero-order valence-corrected chi connectivity index (χ0v) is 15.7. The molecule has 0 aliphatic heterocycles. The van der Waals surface area contributed by atoms with E-state index < -0.39 is 18.1 Å². The van der Waals surface area contributed by atoms with Gasteiger partial charge in [0.1, 0.15) is 6.61 Å². The Bertz CT molecular complexity index is 986. The maximum absolute atomic E-state index is 12.3. The van der Waals surface area contributed by atoms with E-state index in [9.17, 15) is 14.7 Å². The van der Waals surface area contributed by atoms with Crippen molar-refractivity contribution in [3.05, 3.63) is 95.6 Å². The van der Waals surface area contributed by atoms with Crippen LogP contribution >= 0.6 is 0 Å². The monoisotopic (exact) mass is 387 g/mol. The van der Waals surface area contributed by atoms with Crippen LogP contribution in [0.25, 0.3) is 11.1 Å². The molecule has 1 amide bonds. The van der Waals surface area contributed by atoms with Crippen LogP contribution in [0.3, 0.4) is 0 Å². The van der Waals surface area contributed by atoms with Gasteiger partial charge in [0.25, 0.3) is 0 Å². The number of hydrogen-bond acceptors (Lipinski definition) is 3.